The zero-order chi connectivity index (χ0) is 20.4. The molecule has 0 aromatic heterocycles. The third-order valence-corrected chi connectivity index (χ3v) is 6.04. The van der Waals surface area contributed by atoms with E-state index in [9.17, 15) is 4.21 Å². The Kier molecular flexibility index (Phi) is 6.89. The quantitative estimate of drug-likeness (QED) is 0.601. The van der Waals surface area contributed by atoms with Gasteiger partial charge in [-0.2, -0.15) is 0 Å². The first-order chi connectivity index (χ1) is 12.5. The number of nitrogens with two attached hydrogens (primary N) is 1. The highest BCUT2D eigenvalue weighted by atomic mass is 35.5. The molecule has 2 aromatic carbocycles. The molecule has 4 nitrogen and oxygen atoms in total. The van der Waals surface area contributed by atoms with Crippen LogP contribution in [-0.2, 0) is 11.0 Å². The number of nitrogen functional groups attached to an aromatic ring is 1. The molecule has 0 aliphatic rings. The van der Waals surface area contributed by atoms with Gasteiger partial charge in [-0.25, -0.2) is 13.3 Å². The van der Waals surface area contributed by atoms with Crippen LogP contribution < -0.4 is 15.2 Å². The number of anilines is 1. The van der Waals surface area contributed by atoms with Crippen molar-refractivity contribution in [2.75, 3.05) is 5.73 Å². The Bertz CT molecular complexity index is 853. The van der Waals surface area contributed by atoms with E-state index in [4.69, 9.17) is 22.1 Å². The highest BCUT2D eigenvalue weighted by Crippen LogP contribution is 2.37. The lowest BCUT2D eigenvalue weighted by Gasteiger charge is -2.24. The van der Waals surface area contributed by atoms with Gasteiger partial charge in [0.25, 0.3) is 0 Å². The summed E-state index contributed by atoms with van der Waals surface area (Å²) in [6.45, 7) is 9.32. The highest BCUT2D eigenvalue weighted by Gasteiger charge is 2.26. The van der Waals surface area contributed by atoms with Crippen LogP contribution in [0, 0.1) is 12.7 Å². The molecular formula is C20H26ClFN2O2S. The van der Waals surface area contributed by atoms with E-state index in [0.717, 1.165) is 5.56 Å². The van der Waals surface area contributed by atoms with E-state index in [-0.39, 0.29) is 10.8 Å². The van der Waals surface area contributed by atoms with Crippen LogP contribution in [0.1, 0.15) is 51.3 Å². The summed E-state index contributed by atoms with van der Waals surface area (Å²) >= 11 is 6.18. The van der Waals surface area contributed by atoms with Gasteiger partial charge < -0.3 is 10.5 Å². The first kappa shape index (κ1) is 21.7. The lowest BCUT2D eigenvalue weighted by Crippen LogP contribution is -2.35. The third kappa shape index (κ3) is 5.21. The van der Waals surface area contributed by atoms with Crippen molar-refractivity contribution in [3.63, 3.8) is 0 Å². The van der Waals surface area contributed by atoms with Crippen LogP contribution in [0.25, 0.3) is 0 Å². The Balaban J connectivity index is 2.38. The first-order valence-corrected chi connectivity index (χ1v) is 10.3. The lowest BCUT2D eigenvalue weighted by molar-refractivity contribution is 0.432. The number of benzene rings is 2. The molecule has 2 rings (SSSR count). The minimum absolute atomic E-state index is 0.0554. The van der Waals surface area contributed by atoms with Crippen LogP contribution in [0.15, 0.2) is 30.3 Å². The van der Waals surface area contributed by atoms with Crippen molar-refractivity contribution in [2.45, 2.75) is 51.8 Å². The molecular weight excluding hydrogens is 387 g/mol. The summed E-state index contributed by atoms with van der Waals surface area (Å²) in [7, 11) is -1.34. The maximum absolute atomic E-state index is 15.2. The van der Waals surface area contributed by atoms with Crippen molar-refractivity contribution in [3.8, 4) is 11.5 Å². The highest BCUT2D eigenvalue weighted by molar-refractivity contribution is 7.84. The van der Waals surface area contributed by atoms with E-state index in [1.165, 1.54) is 0 Å². The van der Waals surface area contributed by atoms with E-state index in [1.54, 1.807) is 30.3 Å². The zero-order valence-electron chi connectivity index (χ0n) is 16.2. The molecule has 0 spiro atoms. The molecule has 0 bridgehead atoms. The van der Waals surface area contributed by atoms with Crippen LogP contribution >= 0.6 is 11.6 Å². The van der Waals surface area contributed by atoms with Crippen molar-refractivity contribution in [1.82, 2.24) is 4.72 Å². The summed E-state index contributed by atoms with van der Waals surface area (Å²) in [5.41, 5.74) is 7.63. The number of rotatable bonds is 6. The van der Waals surface area contributed by atoms with E-state index >= 15 is 4.39 Å². The molecule has 0 saturated carbocycles. The fourth-order valence-electron chi connectivity index (χ4n) is 2.41. The molecule has 0 saturated heterocycles. The molecule has 2 atom stereocenters. The molecule has 0 aliphatic carbocycles. The number of aryl methyl sites for hydroxylation is 1. The number of hydrogen-bond acceptors (Lipinski definition) is 3. The Morgan fingerprint density at radius 1 is 1.30 bits per heavy atom. The minimum atomic E-state index is -1.34. The Labute approximate surface area is 167 Å². The second-order valence-electron chi connectivity index (χ2n) is 7.36. The zero-order valence-corrected chi connectivity index (χ0v) is 17.8. The van der Waals surface area contributed by atoms with Gasteiger partial charge in [0.1, 0.15) is 5.75 Å². The summed E-state index contributed by atoms with van der Waals surface area (Å²) in [5, 5.41) is 0.164. The van der Waals surface area contributed by atoms with Gasteiger partial charge >= 0.3 is 0 Å². The number of halogens is 2. The Hall–Kier alpha value is -1.63. The van der Waals surface area contributed by atoms with E-state index in [0.29, 0.717) is 23.4 Å². The minimum Gasteiger partial charge on any atom is -0.453 e. The maximum atomic E-state index is 15.2. The van der Waals surface area contributed by atoms with Crippen molar-refractivity contribution in [2.24, 2.45) is 0 Å². The monoisotopic (exact) mass is 412 g/mol. The summed E-state index contributed by atoms with van der Waals surface area (Å²) < 4.78 is 35.9. The van der Waals surface area contributed by atoms with Crippen molar-refractivity contribution < 1.29 is 13.3 Å². The fourth-order valence-corrected chi connectivity index (χ4v) is 3.50. The average Bonchev–Trinajstić information content (AvgIpc) is 2.59. The van der Waals surface area contributed by atoms with Gasteiger partial charge in [-0.3, -0.25) is 0 Å². The number of hydrogen-bond donors (Lipinski definition) is 2. The second kappa shape index (κ2) is 8.59. The van der Waals surface area contributed by atoms with Gasteiger partial charge in [-0.1, -0.05) is 24.6 Å². The molecule has 2 aromatic rings. The van der Waals surface area contributed by atoms with Crippen LogP contribution in [0.3, 0.4) is 0 Å². The molecule has 0 radical (unpaired) electrons. The molecule has 0 aliphatic heterocycles. The summed E-state index contributed by atoms with van der Waals surface area (Å²) in [5.74, 6) is -0.179. The molecule has 7 heteroatoms. The van der Waals surface area contributed by atoms with Gasteiger partial charge in [-0.15, -0.1) is 0 Å². The van der Waals surface area contributed by atoms with Crippen LogP contribution in [0.2, 0.25) is 5.02 Å². The van der Waals surface area contributed by atoms with Gasteiger partial charge in [0.2, 0.25) is 0 Å². The molecule has 0 unspecified atom stereocenters. The van der Waals surface area contributed by atoms with E-state index in [1.807, 2.05) is 34.6 Å². The summed E-state index contributed by atoms with van der Waals surface area (Å²) in [4.78, 5) is 0. The molecule has 27 heavy (non-hydrogen) atoms. The molecule has 0 heterocycles. The summed E-state index contributed by atoms with van der Waals surface area (Å²) in [6, 6.07) is 7.84. The topological polar surface area (TPSA) is 64.3 Å². The summed E-state index contributed by atoms with van der Waals surface area (Å²) in [6.07, 6.45) is 0.556. The van der Waals surface area contributed by atoms with Gasteiger partial charge in [0.15, 0.2) is 11.6 Å². The SMILES string of the molecule is CC[C@@H](N[S@@](=O)C(C)(C)C)c1ccc(Cl)c(Oc2ccc(N)c(C)c2)c1F. The maximum Gasteiger partial charge on any atom is 0.181 e. The van der Waals surface area contributed by atoms with E-state index in [2.05, 4.69) is 4.72 Å². The number of ether oxygens (including phenoxy) is 1. The molecule has 148 valence electrons. The van der Waals surface area contributed by atoms with Crippen molar-refractivity contribution in [3.05, 3.63) is 52.3 Å². The van der Waals surface area contributed by atoms with Crippen LogP contribution in [-0.4, -0.2) is 8.96 Å². The van der Waals surface area contributed by atoms with Crippen molar-refractivity contribution in [1.29, 1.82) is 0 Å². The molecule has 3 N–H and O–H groups in total. The Morgan fingerprint density at radius 2 is 1.96 bits per heavy atom. The smallest absolute Gasteiger partial charge is 0.181 e. The lowest BCUT2D eigenvalue weighted by atomic mass is 10.0. The fraction of sp³-hybridized carbons (Fsp3) is 0.400. The normalized spacial score (nSPS) is 14.0. The van der Waals surface area contributed by atoms with Crippen molar-refractivity contribution >= 4 is 28.3 Å². The first-order valence-electron chi connectivity index (χ1n) is 8.74. The van der Waals surface area contributed by atoms with Gasteiger partial charge in [-0.05, 0) is 63.9 Å². The third-order valence-electron chi connectivity index (χ3n) is 4.13. The van der Waals surface area contributed by atoms with Gasteiger partial charge in [0.05, 0.1) is 20.8 Å². The predicted octanol–water partition coefficient (Wildman–Crippen LogP) is 5.66. The molecule has 0 fully saturated rings. The van der Waals surface area contributed by atoms with Crippen LogP contribution in [0.5, 0.6) is 11.5 Å². The average molecular weight is 413 g/mol. The largest absolute Gasteiger partial charge is 0.453 e. The van der Waals surface area contributed by atoms with E-state index < -0.39 is 27.6 Å². The Morgan fingerprint density at radius 3 is 2.52 bits per heavy atom. The molecule has 0 amide bonds. The van der Waals surface area contributed by atoms with Gasteiger partial charge in [0, 0.05) is 17.3 Å². The van der Waals surface area contributed by atoms with Crippen LogP contribution in [0.4, 0.5) is 10.1 Å². The predicted molar refractivity (Wildman–Crippen MR) is 111 cm³/mol. The standard InChI is InChI=1S/C20H26ClFN2O2S/c1-6-17(24-27(25)20(3,4)5)14-8-9-15(21)19(18(14)22)26-13-7-10-16(23)12(2)11-13/h7-11,17,24H,6,23H2,1-5H3/t17-,27+/m1/s1. The number of nitrogens with one attached hydrogen (secondary N) is 1. The second-order valence-corrected chi connectivity index (χ2v) is 9.77.